The average molecular weight is 378 g/mol. The maximum absolute atomic E-state index is 11.9. The molecule has 2 N–H and O–H groups in total. The summed E-state index contributed by atoms with van der Waals surface area (Å²) in [4.78, 5) is 23.7. The molecule has 22 heavy (non-hydrogen) atoms. The first-order chi connectivity index (χ1) is 10.3. The topological polar surface area (TPSA) is 58.2 Å². The third-order valence-corrected chi connectivity index (χ3v) is 3.50. The quantitative estimate of drug-likeness (QED) is 0.733. The van der Waals surface area contributed by atoms with Crippen molar-refractivity contribution < 1.29 is 9.59 Å². The summed E-state index contributed by atoms with van der Waals surface area (Å²) in [5.41, 5.74) is 0.535. The molecular weight excluding hydrogens is 370 g/mol. The molecule has 2 aromatic rings. The number of benzene rings is 2. The molecular formula is C14H8Cl4N2O2. The van der Waals surface area contributed by atoms with E-state index in [9.17, 15) is 9.59 Å². The van der Waals surface area contributed by atoms with Crippen LogP contribution in [0.4, 0.5) is 11.4 Å². The molecule has 0 radical (unpaired) electrons. The number of nitrogens with one attached hydrogen (secondary N) is 2. The van der Waals surface area contributed by atoms with Gasteiger partial charge in [0.1, 0.15) is 0 Å². The van der Waals surface area contributed by atoms with E-state index in [0.29, 0.717) is 20.8 Å². The molecule has 0 heterocycles. The number of amides is 2. The Kier molecular flexibility index (Phi) is 5.53. The van der Waals surface area contributed by atoms with Gasteiger partial charge in [0.15, 0.2) is 0 Å². The first-order valence-corrected chi connectivity index (χ1v) is 7.40. The number of carbonyl (C=O) groups is 2. The summed E-state index contributed by atoms with van der Waals surface area (Å²) in [6, 6.07) is 8.94. The zero-order valence-corrected chi connectivity index (χ0v) is 13.8. The van der Waals surface area contributed by atoms with Gasteiger partial charge >= 0.3 is 11.8 Å². The van der Waals surface area contributed by atoms with E-state index < -0.39 is 11.8 Å². The van der Waals surface area contributed by atoms with Crippen molar-refractivity contribution in [3.05, 3.63) is 56.5 Å². The lowest BCUT2D eigenvalue weighted by molar-refractivity contribution is -0.132. The summed E-state index contributed by atoms with van der Waals surface area (Å²) in [7, 11) is 0. The van der Waals surface area contributed by atoms with E-state index >= 15 is 0 Å². The van der Waals surface area contributed by atoms with E-state index in [2.05, 4.69) is 10.6 Å². The Hall–Kier alpha value is -1.46. The van der Waals surface area contributed by atoms with Crippen molar-refractivity contribution >= 4 is 69.6 Å². The Labute approximate surface area is 146 Å². The fraction of sp³-hybridized carbons (Fsp3) is 0. The highest BCUT2D eigenvalue weighted by Crippen LogP contribution is 2.26. The summed E-state index contributed by atoms with van der Waals surface area (Å²) in [6.07, 6.45) is 0. The summed E-state index contributed by atoms with van der Waals surface area (Å²) >= 11 is 23.3. The second kappa shape index (κ2) is 7.20. The van der Waals surface area contributed by atoms with Gasteiger partial charge in [-0.1, -0.05) is 46.4 Å². The van der Waals surface area contributed by atoms with Crippen molar-refractivity contribution in [3.8, 4) is 0 Å². The van der Waals surface area contributed by atoms with Crippen molar-refractivity contribution in [2.45, 2.75) is 0 Å². The zero-order chi connectivity index (χ0) is 16.3. The second-order valence-electron chi connectivity index (χ2n) is 4.19. The summed E-state index contributed by atoms with van der Waals surface area (Å²) in [5, 5.41) is 6.05. The Morgan fingerprint density at radius 1 is 0.727 bits per heavy atom. The molecule has 0 aliphatic carbocycles. The molecule has 0 unspecified atom stereocenters. The molecule has 0 saturated heterocycles. The highest BCUT2D eigenvalue weighted by molar-refractivity contribution is 6.45. The first kappa shape index (κ1) is 16.9. The maximum atomic E-state index is 11.9. The van der Waals surface area contributed by atoms with Crippen LogP contribution >= 0.6 is 46.4 Å². The zero-order valence-electron chi connectivity index (χ0n) is 10.8. The van der Waals surface area contributed by atoms with Crippen molar-refractivity contribution in [2.24, 2.45) is 0 Å². The molecule has 2 aromatic carbocycles. The van der Waals surface area contributed by atoms with Crippen molar-refractivity contribution in [1.82, 2.24) is 0 Å². The van der Waals surface area contributed by atoms with Gasteiger partial charge in [-0.05, 0) is 36.4 Å². The monoisotopic (exact) mass is 376 g/mol. The molecule has 0 bridgehead atoms. The third kappa shape index (κ3) is 4.52. The molecule has 4 nitrogen and oxygen atoms in total. The van der Waals surface area contributed by atoms with Crippen molar-refractivity contribution in [3.63, 3.8) is 0 Å². The summed E-state index contributed by atoms with van der Waals surface area (Å²) in [5.74, 6) is -1.80. The van der Waals surface area contributed by atoms with Crippen LogP contribution < -0.4 is 10.6 Å². The van der Waals surface area contributed by atoms with Crippen molar-refractivity contribution in [1.29, 1.82) is 0 Å². The van der Waals surface area contributed by atoms with Gasteiger partial charge in [-0.3, -0.25) is 9.59 Å². The van der Waals surface area contributed by atoms with E-state index in [1.165, 1.54) is 30.3 Å². The average Bonchev–Trinajstić information content (AvgIpc) is 2.41. The van der Waals surface area contributed by atoms with Crippen LogP contribution in [-0.4, -0.2) is 11.8 Å². The maximum Gasteiger partial charge on any atom is 0.314 e. The Bertz CT molecular complexity index is 729. The molecule has 0 spiro atoms. The fourth-order valence-electron chi connectivity index (χ4n) is 1.59. The number of carbonyl (C=O) groups excluding carboxylic acids is 2. The van der Waals surface area contributed by atoms with Crippen molar-refractivity contribution in [2.75, 3.05) is 10.6 Å². The van der Waals surface area contributed by atoms with E-state index in [-0.39, 0.29) is 10.7 Å². The van der Waals surface area contributed by atoms with E-state index in [4.69, 9.17) is 46.4 Å². The minimum atomic E-state index is -0.903. The van der Waals surface area contributed by atoms with Gasteiger partial charge in [0, 0.05) is 20.8 Å². The van der Waals surface area contributed by atoms with Crippen LogP contribution in [0.2, 0.25) is 20.1 Å². The highest BCUT2D eigenvalue weighted by atomic mass is 35.5. The standard InChI is InChI=1S/C14H8Cl4N2O2/c15-7-1-2-11(18)12(6-7)20-14(22)13(21)19-10-4-8(16)3-9(17)5-10/h1-6H,(H,19,21)(H,20,22). The van der Waals surface area contributed by atoms with Gasteiger partial charge in [0.2, 0.25) is 0 Å². The predicted octanol–water partition coefficient (Wildman–Crippen LogP) is 4.88. The van der Waals surface area contributed by atoms with E-state index in [0.717, 1.165) is 0 Å². The van der Waals surface area contributed by atoms with Crippen LogP contribution in [0.25, 0.3) is 0 Å². The van der Waals surface area contributed by atoms with Crippen LogP contribution in [0.5, 0.6) is 0 Å². The number of anilines is 2. The minimum absolute atomic E-state index is 0.235. The van der Waals surface area contributed by atoms with Gasteiger partial charge in [0.05, 0.1) is 10.7 Å². The number of hydrogen-bond donors (Lipinski definition) is 2. The molecule has 0 fully saturated rings. The number of rotatable bonds is 2. The SMILES string of the molecule is O=C(Nc1cc(Cl)cc(Cl)c1)C(=O)Nc1cc(Cl)ccc1Cl. The lowest BCUT2D eigenvalue weighted by atomic mass is 10.3. The molecule has 0 aromatic heterocycles. The second-order valence-corrected chi connectivity index (χ2v) is 5.91. The van der Waals surface area contributed by atoms with Crippen LogP contribution in [0, 0.1) is 0 Å². The fourth-order valence-corrected chi connectivity index (χ4v) is 2.45. The van der Waals surface area contributed by atoms with Crippen LogP contribution in [0.1, 0.15) is 0 Å². The number of halogens is 4. The van der Waals surface area contributed by atoms with Gasteiger partial charge < -0.3 is 10.6 Å². The molecule has 0 aliphatic heterocycles. The molecule has 0 saturated carbocycles. The minimum Gasteiger partial charge on any atom is -0.318 e. The normalized spacial score (nSPS) is 10.2. The smallest absolute Gasteiger partial charge is 0.314 e. The van der Waals surface area contributed by atoms with Crippen LogP contribution in [0.3, 0.4) is 0 Å². The first-order valence-electron chi connectivity index (χ1n) is 5.88. The molecule has 2 rings (SSSR count). The third-order valence-electron chi connectivity index (χ3n) is 2.50. The van der Waals surface area contributed by atoms with Crippen LogP contribution in [-0.2, 0) is 9.59 Å². The Morgan fingerprint density at radius 3 is 1.95 bits per heavy atom. The molecule has 0 atom stereocenters. The summed E-state index contributed by atoms with van der Waals surface area (Å²) in [6.45, 7) is 0. The molecule has 8 heteroatoms. The largest absolute Gasteiger partial charge is 0.318 e. The molecule has 0 aliphatic rings. The lowest BCUT2D eigenvalue weighted by Crippen LogP contribution is -2.29. The van der Waals surface area contributed by atoms with Gasteiger partial charge in [-0.15, -0.1) is 0 Å². The Morgan fingerprint density at radius 2 is 1.32 bits per heavy atom. The number of hydrogen-bond acceptors (Lipinski definition) is 2. The lowest BCUT2D eigenvalue weighted by Gasteiger charge is -2.09. The van der Waals surface area contributed by atoms with Crippen LogP contribution in [0.15, 0.2) is 36.4 Å². The molecule has 2 amide bonds. The van der Waals surface area contributed by atoms with Gasteiger partial charge in [0.25, 0.3) is 0 Å². The van der Waals surface area contributed by atoms with E-state index in [1.807, 2.05) is 0 Å². The Balaban J connectivity index is 2.09. The van der Waals surface area contributed by atoms with E-state index in [1.54, 1.807) is 6.07 Å². The predicted molar refractivity (Wildman–Crippen MR) is 90.2 cm³/mol. The summed E-state index contributed by atoms with van der Waals surface area (Å²) < 4.78 is 0. The highest BCUT2D eigenvalue weighted by Gasteiger charge is 2.16. The van der Waals surface area contributed by atoms with Gasteiger partial charge in [-0.2, -0.15) is 0 Å². The molecule has 114 valence electrons. The van der Waals surface area contributed by atoms with Gasteiger partial charge in [-0.25, -0.2) is 0 Å².